The quantitative estimate of drug-likeness (QED) is 0.766. The van der Waals surface area contributed by atoms with Crippen LogP contribution in [0.2, 0.25) is 0 Å². The fourth-order valence-corrected chi connectivity index (χ4v) is 2.10. The maximum absolute atomic E-state index is 12.2. The van der Waals surface area contributed by atoms with Gasteiger partial charge < -0.3 is 10.6 Å². The highest BCUT2D eigenvalue weighted by atomic mass is 16.1. The highest BCUT2D eigenvalue weighted by Gasteiger charge is 2.09. The standard InChI is InChI=1S/C17H22N4O/c1-3-4-7-12-18-15-10-11-16(21-20-15)19-17(22)14-9-6-5-8-13(14)2/h5-6,8-11H,3-4,7,12H2,1-2H3,(H,18,20)(H,19,21,22). The molecule has 1 heterocycles. The van der Waals surface area contributed by atoms with Crippen molar-refractivity contribution < 1.29 is 4.79 Å². The van der Waals surface area contributed by atoms with Crippen LogP contribution in [0.25, 0.3) is 0 Å². The lowest BCUT2D eigenvalue weighted by molar-refractivity contribution is 0.102. The van der Waals surface area contributed by atoms with Crippen molar-refractivity contribution in [3.63, 3.8) is 0 Å². The Hall–Kier alpha value is -2.43. The van der Waals surface area contributed by atoms with Crippen LogP contribution in [0.3, 0.4) is 0 Å². The van der Waals surface area contributed by atoms with Crippen LogP contribution >= 0.6 is 0 Å². The molecule has 0 aliphatic rings. The van der Waals surface area contributed by atoms with Crippen LogP contribution in [0.1, 0.15) is 42.1 Å². The Morgan fingerprint density at radius 1 is 1.05 bits per heavy atom. The predicted molar refractivity (Wildman–Crippen MR) is 89.2 cm³/mol. The summed E-state index contributed by atoms with van der Waals surface area (Å²) >= 11 is 0. The highest BCUT2D eigenvalue weighted by molar-refractivity contribution is 6.04. The van der Waals surface area contributed by atoms with E-state index in [-0.39, 0.29) is 5.91 Å². The average molecular weight is 298 g/mol. The molecule has 5 nitrogen and oxygen atoms in total. The van der Waals surface area contributed by atoms with E-state index >= 15 is 0 Å². The van der Waals surface area contributed by atoms with E-state index in [4.69, 9.17) is 0 Å². The lowest BCUT2D eigenvalue weighted by Crippen LogP contribution is -2.15. The molecule has 0 aliphatic carbocycles. The molecule has 0 saturated carbocycles. The Balaban J connectivity index is 1.91. The van der Waals surface area contributed by atoms with Crippen molar-refractivity contribution in [1.29, 1.82) is 0 Å². The molecular formula is C17H22N4O. The molecule has 22 heavy (non-hydrogen) atoms. The summed E-state index contributed by atoms with van der Waals surface area (Å²) in [4.78, 5) is 12.2. The number of carbonyl (C=O) groups excluding carboxylic acids is 1. The van der Waals surface area contributed by atoms with Crippen molar-refractivity contribution in [1.82, 2.24) is 10.2 Å². The van der Waals surface area contributed by atoms with Crippen molar-refractivity contribution in [2.24, 2.45) is 0 Å². The first kappa shape index (κ1) is 15.9. The Bertz CT molecular complexity index is 610. The molecule has 0 radical (unpaired) electrons. The summed E-state index contributed by atoms with van der Waals surface area (Å²) in [6, 6.07) is 11.0. The van der Waals surface area contributed by atoms with Gasteiger partial charge in [-0.25, -0.2) is 0 Å². The molecule has 0 atom stereocenters. The third kappa shape index (κ3) is 4.55. The third-order valence-electron chi connectivity index (χ3n) is 3.38. The highest BCUT2D eigenvalue weighted by Crippen LogP contribution is 2.11. The minimum atomic E-state index is -0.170. The van der Waals surface area contributed by atoms with Crippen LogP contribution in [0, 0.1) is 6.92 Å². The Kier molecular flexibility index (Phi) is 5.89. The monoisotopic (exact) mass is 298 g/mol. The van der Waals surface area contributed by atoms with Crippen molar-refractivity contribution in [2.45, 2.75) is 33.1 Å². The Morgan fingerprint density at radius 2 is 1.77 bits per heavy atom. The third-order valence-corrected chi connectivity index (χ3v) is 3.38. The van der Waals surface area contributed by atoms with Gasteiger partial charge in [0.1, 0.15) is 5.82 Å². The van der Waals surface area contributed by atoms with Gasteiger partial charge in [-0.3, -0.25) is 4.79 Å². The summed E-state index contributed by atoms with van der Waals surface area (Å²) in [5.74, 6) is 1.01. The molecule has 0 unspecified atom stereocenters. The van der Waals surface area contributed by atoms with Crippen LogP contribution in [0.15, 0.2) is 36.4 Å². The number of hydrogen-bond donors (Lipinski definition) is 2. The zero-order chi connectivity index (χ0) is 15.8. The fourth-order valence-electron chi connectivity index (χ4n) is 2.10. The van der Waals surface area contributed by atoms with E-state index in [0.29, 0.717) is 11.4 Å². The SMILES string of the molecule is CCCCCNc1ccc(NC(=O)c2ccccc2C)nn1. The number of hydrogen-bond acceptors (Lipinski definition) is 4. The molecule has 1 aromatic carbocycles. The molecule has 116 valence electrons. The number of nitrogens with one attached hydrogen (secondary N) is 2. The largest absolute Gasteiger partial charge is 0.369 e. The molecular weight excluding hydrogens is 276 g/mol. The lowest BCUT2D eigenvalue weighted by atomic mass is 10.1. The summed E-state index contributed by atoms with van der Waals surface area (Å²) in [6.07, 6.45) is 3.51. The number of anilines is 2. The summed E-state index contributed by atoms with van der Waals surface area (Å²) in [6.45, 7) is 4.97. The van der Waals surface area contributed by atoms with Crippen LogP contribution in [0.4, 0.5) is 11.6 Å². The summed E-state index contributed by atoms with van der Waals surface area (Å²) < 4.78 is 0. The van der Waals surface area contributed by atoms with Crippen molar-refractivity contribution >= 4 is 17.5 Å². The number of rotatable bonds is 7. The first-order chi connectivity index (χ1) is 10.7. The molecule has 1 aromatic heterocycles. The summed E-state index contributed by atoms with van der Waals surface area (Å²) in [7, 11) is 0. The number of aryl methyl sites for hydroxylation is 1. The van der Waals surface area contributed by atoms with Gasteiger partial charge >= 0.3 is 0 Å². The van der Waals surface area contributed by atoms with Gasteiger partial charge in [-0.15, -0.1) is 10.2 Å². The van der Waals surface area contributed by atoms with Gasteiger partial charge in [0.15, 0.2) is 5.82 Å². The minimum absolute atomic E-state index is 0.170. The second kappa shape index (κ2) is 8.12. The van der Waals surface area contributed by atoms with E-state index in [1.165, 1.54) is 12.8 Å². The van der Waals surface area contributed by atoms with E-state index < -0.39 is 0 Å². The fraction of sp³-hybridized carbons (Fsp3) is 0.353. The van der Waals surface area contributed by atoms with E-state index in [1.54, 1.807) is 12.1 Å². The molecule has 0 saturated heterocycles. The van der Waals surface area contributed by atoms with E-state index in [2.05, 4.69) is 27.8 Å². The van der Waals surface area contributed by atoms with E-state index in [1.807, 2.05) is 31.2 Å². The minimum Gasteiger partial charge on any atom is -0.369 e. The van der Waals surface area contributed by atoms with E-state index in [9.17, 15) is 4.79 Å². The van der Waals surface area contributed by atoms with Gasteiger partial charge in [0.25, 0.3) is 5.91 Å². The number of carbonyl (C=O) groups is 1. The molecule has 2 rings (SSSR count). The molecule has 0 aliphatic heterocycles. The lowest BCUT2D eigenvalue weighted by Gasteiger charge is -2.07. The molecule has 2 N–H and O–H groups in total. The van der Waals surface area contributed by atoms with Gasteiger partial charge in [-0.1, -0.05) is 38.0 Å². The molecule has 2 aromatic rings. The first-order valence-corrected chi connectivity index (χ1v) is 7.65. The van der Waals surface area contributed by atoms with Gasteiger partial charge in [0.2, 0.25) is 0 Å². The Labute approximate surface area is 131 Å². The van der Waals surface area contributed by atoms with Gasteiger partial charge in [0.05, 0.1) is 0 Å². The van der Waals surface area contributed by atoms with Crippen LogP contribution in [-0.2, 0) is 0 Å². The molecule has 0 fully saturated rings. The number of unbranched alkanes of at least 4 members (excludes halogenated alkanes) is 2. The molecule has 1 amide bonds. The van der Waals surface area contributed by atoms with Crippen LogP contribution in [0.5, 0.6) is 0 Å². The maximum atomic E-state index is 12.2. The number of benzene rings is 1. The van der Waals surface area contributed by atoms with Gasteiger partial charge in [-0.2, -0.15) is 0 Å². The zero-order valence-corrected chi connectivity index (χ0v) is 13.1. The second-order valence-electron chi connectivity index (χ2n) is 5.21. The molecule has 0 bridgehead atoms. The van der Waals surface area contributed by atoms with Crippen molar-refractivity contribution in [3.05, 3.63) is 47.5 Å². The number of amides is 1. The van der Waals surface area contributed by atoms with Gasteiger partial charge in [0, 0.05) is 12.1 Å². The van der Waals surface area contributed by atoms with Crippen LogP contribution in [-0.4, -0.2) is 22.6 Å². The average Bonchev–Trinajstić information content (AvgIpc) is 2.53. The van der Waals surface area contributed by atoms with Crippen molar-refractivity contribution in [2.75, 3.05) is 17.2 Å². The summed E-state index contributed by atoms with van der Waals surface area (Å²) in [5, 5.41) is 14.1. The molecule has 0 spiro atoms. The van der Waals surface area contributed by atoms with Gasteiger partial charge in [-0.05, 0) is 37.1 Å². The predicted octanol–water partition coefficient (Wildman–Crippen LogP) is 3.64. The zero-order valence-electron chi connectivity index (χ0n) is 13.1. The van der Waals surface area contributed by atoms with E-state index in [0.717, 1.165) is 24.3 Å². The Morgan fingerprint density at radius 3 is 2.45 bits per heavy atom. The number of nitrogens with zero attached hydrogens (tertiary/aromatic N) is 2. The van der Waals surface area contributed by atoms with Crippen molar-refractivity contribution in [3.8, 4) is 0 Å². The first-order valence-electron chi connectivity index (χ1n) is 7.65. The summed E-state index contributed by atoms with van der Waals surface area (Å²) in [5.41, 5.74) is 1.58. The smallest absolute Gasteiger partial charge is 0.257 e. The number of aromatic nitrogens is 2. The second-order valence-corrected chi connectivity index (χ2v) is 5.21. The maximum Gasteiger partial charge on any atom is 0.257 e. The van der Waals surface area contributed by atoms with Crippen LogP contribution < -0.4 is 10.6 Å². The molecule has 5 heteroatoms. The topological polar surface area (TPSA) is 66.9 Å². The normalized spacial score (nSPS) is 10.3.